The Labute approximate surface area is 304 Å². The van der Waals surface area contributed by atoms with E-state index in [1.165, 1.54) is 0 Å². The van der Waals surface area contributed by atoms with Crippen LogP contribution in [0.25, 0.3) is 83.9 Å². The van der Waals surface area contributed by atoms with E-state index in [0.717, 1.165) is 83.8 Å². The van der Waals surface area contributed by atoms with Gasteiger partial charge in [0.1, 0.15) is 11.2 Å². The van der Waals surface area contributed by atoms with E-state index in [-0.39, 0.29) is 0 Å². The third kappa shape index (κ3) is 4.68. The fourth-order valence-corrected chi connectivity index (χ4v) is 7.56. The molecule has 0 atom stereocenters. The highest BCUT2D eigenvalue weighted by atomic mass is 16.3. The molecule has 10 aromatic rings. The van der Waals surface area contributed by atoms with Crippen molar-refractivity contribution in [1.82, 2.24) is 24.5 Å². The van der Waals surface area contributed by atoms with Crippen LogP contribution in [0.2, 0.25) is 0 Å². The molecule has 248 valence electrons. The maximum absolute atomic E-state index is 6.13. The van der Waals surface area contributed by atoms with Gasteiger partial charge in [-0.05, 0) is 60.7 Å². The summed E-state index contributed by atoms with van der Waals surface area (Å²) in [5.74, 6) is 2.57. The fourth-order valence-electron chi connectivity index (χ4n) is 7.56. The molecule has 0 bridgehead atoms. The minimum Gasteiger partial charge on any atom is -0.456 e. The first-order valence-electron chi connectivity index (χ1n) is 17.6. The van der Waals surface area contributed by atoms with E-state index >= 15 is 0 Å². The van der Waals surface area contributed by atoms with Crippen LogP contribution in [-0.4, -0.2) is 24.5 Å². The molecule has 4 heterocycles. The summed E-state index contributed by atoms with van der Waals surface area (Å²) in [4.78, 5) is 22.8. The third-order valence-electron chi connectivity index (χ3n) is 9.99. The molecule has 0 unspecified atom stereocenters. The number of para-hydroxylation sites is 5. The number of anilines is 3. The summed E-state index contributed by atoms with van der Waals surface area (Å²) in [6, 6.07) is 58.1. The highest BCUT2D eigenvalue weighted by molar-refractivity contribution is 6.06. The molecule has 0 amide bonds. The van der Waals surface area contributed by atoms with Gasteiger partial charge < -0.3 is 4.42 Å². The monoisotopic (exact) mass is 680 g/mol. The number of furan rings is 1. The molecule has 0 spiro atoms. The van der Waals surface area contributed by atoms with Gasteiger partial charge in [-0.25, -0.2) is 19.9 Å². The number of hydrogen-bond donors (Lipinski definition) is 0. The van der Waals surface area contributed by atoms with Gasteiger partial charge in [0.15, 0.2) is 17.5 Å². The summed E-state index contributed by atoms with van der Waals surface area (Å²) < 4.78 is 8.40. The number of rotatable bonds is 4. The minimum absolute atomic E-state index is 0.577. The molecule has 1 aliphatic heterocycles. The molecule has 1 aliphatic rings. The van der Waals surface area contributed by atoms with Gasteiger partial charge >= 0.3 is 0 Å². The van der Waals surface area contributed by atoms with E-state index in [9.17, 15) is 0 Å². The van der Waals surface area contributed by atoms with Crippen LogP contribution in [0.15, 0.2) is 174 Å². The van der Waals surface area contributed by atoms with Gasteiger partial charge in [0.2, 0.25) is 5.95 Å². The van der Waals surface area contributed by atoms with E-state index in [4.69, 9.17) is 24.4 Å². The van der Waals surface area contributed by atoms with Crippen molar-refractivity contribution >= 4 is 50.3 Å². The van der Waals surface area contributed by atoms with Crippen molar-refractivity contribution < 1.29 is 4.42 Å². The SMILES string of the molecule is c1ccc(-c2nc(-c3cccc(N4c5ccccc5-c5ccccc5-n5c4nc4ccccc45)c3)nc(-c3ccc4oc5ccccc5c4c3)n2)cc1. The Morgan fingerprint density at radius 2 is 1.04 bits per heavy atom. The van der Waals surface area contributed by atoms with Gasteiger partial charge in [-0.15, -0.1) is 0 Å². The maximum atomic E-state index is 6.13. The molecule has 0 saturated heterocycles. The molecular formula is C46H28N6O. The molecule has 0 saturated carbocycles. The number of fused-ring (bicyclic) bond motifs is 10. The second kappa shape index (κ2) is 11.6. The lowest BCUT2D eigenvalue weighted by atomic mass is 10.0. The molecule has 3 aromatic heterocycles. The first kappa shape index (κ1) is 29.4. The fraction of sp³-hybridized carbons (Fsp3) is 0. The van der Waals surface area contributed by atoms with E-state index < -0.39 is 0 Å². The zero-order valence-corrected chi connectivity index (χ0v) is 28.3. The number of hydrogen-bond acceptors (Lipinski definition) is 6. The van der Waals surface area contributed by atoms with Crippen molar-refractivity contribution in [2.24, 2.45) is 0 Å². The van der Waals surface area contributed by atoms with Crippen LogP contribution >= 0.6 is 0 Å². The van der Waals surface area contributed by atoms with Gasteiger partial charge in [-0.1, -0.05) is 109 Å². The lowest BCUT2D eigenvalue weighted by Gasteiger charge is -2.25. The highest BCUT2D eigenvalue weighted by Gasteiger charge is 2.29. The van der Waals surface area contributed by atoms with Crippen molar-refractivity contribution in [1.29, 1.82) is 0 Å². The van der Waals surface area contributed by atoms with Crippen molar-refractivity contribution in [3.63, 3.8) is 0 Å². The molecule has 7 heteroatoms. The zero-order chi connectivity index (χ0) is 34.9. The molecule has 53 heavy (non-hydrogen) atoms. The predicted octanol–water partition coefficient (Wildman–Crippen LogP) is 11.6. The topological polar surface area (TPSA) is 72.9 Å². The average molecular weight is 681 g/mol. The first-order valence-corrected chi connectivity index (χ1v) is 17.6. The summed E-state index contributed by atoms with van der Waals surface area (Å²) in [5, 5.41) is 2.08. The van der Waals surface area contributed by atoms with Crippen LogP contribution in [0.5, 0.6) is 0 Å². The van der Waals surface area contributed by atoms with Gasteiger partial charge in [-0.2, -0.15) is 0 Å². The lowest BCUT2D eigenvalue weighted by Crippen LogP contribution is -2.14. The molecule has 0 aliphatic carbocycles. The van der Waals surface area contributed by atoms with Crippen LogP contribution < -0.4 is 4.90 Å². The third-order valence-corrected chi connectivity index (χ3v) is 9.99. The molecule has 0 fully saturated rings. The summed E-state index contributed by atoms with van der Waals surface area (Å²) in [6.07, 6.45) is 0. The van der Waals surface area contributed by atoms with Crippen molar-refractivity contribution in [2.45, 2.75) is 0 Å². The zero-order valence-electron chi connectivity index (χ0n) is 28.3. The molecule has 0 radical (unpaired) electrons. The van der Waals surface area contributed by atoms with Crippen LogP contribution in [0.3, 0.4) is 0 Å². The van der Waals surface area contributed by atoms with Gasteiger partial charge in [0.05, 0.1) is 22.4 Å². The van der Waals surface area contributed by atoms with Crippen LogP contribution in [0.1, 0.15) is 0 Å². The second-order valence-corrected chi connectivity index (χ2v) is 13.1. The quantitative estimate of drug-likeness (QED) is 0.184. The van der Waals surface area contributed by atoms with Crippen LogP contribution in [0, 0.1) is 0 Å². The van der Waals surface area contributed by atoms with Crippen LogP contribution in [-0.2, 0) is 0 Å². The van der Waals surface area contributed by atoms with Gasteiger partial charge in [0, 0.05) is 44.3 Å². The maximum Gasteiger partial charge on any atom is 0.220 e. The molecule has 0 N–H and O–H groups in total. The van der Waals surface area contributed by atoms with Crippen molar-refractivity contribution in [2.75, 3.05) is 4.90 Å². The van der Waals surface area contributed by atoms with Crippen molar-refractivity contribution in [3.8, 4) is 51.0 Å². The first-order chi connectivity index (χ1) is 26.3. The minimum atomic E-state index is 0.577. The summed E-state index contributed by atoms with van der Waals surface area (Å²) >= 11 is 0. The summed E-state index contributed by atoms with van der Waals surface area (Å²) in [5.41, 5.74) is 11.6. The number of imidazole rings is 1. The molecule has 7 aromatic carbocycles. The number of benzene rings is 7. The average Bonchev–Trinajstić information content (AvgIpc) is 3.76. The second-order valence-electron chi connectivity index (χ2n) is 13.1. The van der Waals surface area contributed by atoms with E-state index in [0.29, 0.717) is 17.5 Å². The largest absolute Gasteiger partial charge is 0.456 e. The normalized spacial score (nSPS) is 12.1. The Hall–Kier alpha value is -7.38. The Balaban J connectivity index is 1.12. The Morgan fingerprint density at radius 3 is 1.89 bits per heavy atom. The van der Waals surface area contributed by atoms with Gasteiger partial charge in [0.25, 0.3) is 0 Å². The van der Waals surface area contributed by atoms with E-state index in [1.807, 2.05) is 66.7 Å². The Morgan fingerprint density at radius 1 is 0.415 bits per heavy atom. The smallest absolute Gasteiger partial charge is 0.220 e. The van der Waals surface area contributed by atoms with E-state index in [1.54, 1.807) is 0 Å². The molecule has 11 rings (SSSR count). The number of nitrogens with zero attached hydrogens (tertiary/aromatic N) is 6. The number of aromatic nitrogens is 5. The lowest BCUT2D eigenvalue weighted by molar-refractivity contribution is 0.669. The van der Waals surface area contributed by atoms with Crippen LogP contribution in [0.4, 0.5) is 17.3 Å². The highest BCUT2D eigenvalue weighted by Crippen LogP contribution is 2.47. The molecular weight excluding hydrogens is 653 g/mol. The molecule has 7 nitrogen and oxygen atoms in total. The standard InChI is InChI=1S/C46H28N6O/c1-2-13-29(14-3-1)43-48-44(50-45(49-43)31-25-26-42-36(28-31)35-19-6-11-24-41(35)53-42)30-15-12-16-32(27-30)51-38-21-8-4-17-33(38)34-18-5-9-22-39(34)52-40-23-10-7-20-37(40)47-46(51)52/h1-28H. The Kier molecular flexibility index (Phi) is 6.42. The van der Waals surface area contributed by atoms with Crippen molar-refractivity contribution in [3.05, 3.63) is 170 Å². The predicted molar refractivity (Wildman–Crippen MR) is 212 cm³/mol. The summed E-state index contributed by atoms with van der Waals surface area (Å²) in [6.45, 7) is 0. The Bertz CT molecular complexity index is 3040. The van der Waals surface area contributed by atoms with Gasteiger partial charge in [-0.3, -0.25) is 9.47 Å². The summed E-state index contributed by atoms with van der Waals surface area (Å²) in [7, 11) is 0. The van der Waals surface area contributed by atoms with E-state index in [2.05, 4.69) is 113 Å².